The average molecular weight is 352 g/mol. The Balaban J connectivity index is 1.60. The van der Waals surface area contributed by atoms with Crippen LogP contribution >= 0.6 is 0 Å². The Morgan fingerprint density at radius 3 is 2.65 bits per heavy atom. The van der Waals surface area contributed by atoms with Crippen molar-refractivity contribution in [2.45, 2.75) is 19.8 Å². The molecule has 0 saturated heterocycles. The first kappa shape index (κ1) is 17.7. The van der Waals surface area contributed by atoms with Gasteiger partial charge in [0.15, 0.2) is 5.96 Å². The highest BCUT2D eigenvalue weighted by atomic mass is 19.1. The van der Waals surface area contributed by atoms with Crippen LogP contribution in [0.2, 0.25) is 0 Å². The molecule has 0 radical (unpaired) electrons. The smallest absolute Gasteiger partial charge is 0.231 e. The van der Waals surface area contributed by atoms with Gasteiger partial charge in [0.1, 0.15) is 5.82 Å². The van der Waals surface area contributed by atoms with Crippen LogP contribution < -0.4 is 11.1 Å². The van der Waals surface area contributed by atoms with Crippen LogP contribution in [0.15, 0.2) is 64.1 Å². The molecule has 0 aliphatic carbocycles. The van der Waals surface area contributed by atoms with Crippen molar-refractivity contribution in [2.24, 2.45) is 10.7 Å². The first-order chi connectivity index (χ1) is 12.7. The summed E-state index contributed by atoms with van der Waals surface area (Å²) in [5.74, 6) is 0.567. The topological polar surface area (TPSA) is 76.4 Å². The minimum atomic E-state index is -0.214. The number of nitrogens with two attached hydrogens (primary N) is 1. The van der Waals surface area contributed by atoms with Gasteiger partial charge in [-0.2, -0.15) is 0 Å². The third-order valence-electron chi connectivity index (χ3n) is 3.95. The van der Waals surface area contributed by atoms with Crippen molar-refractivity contribution in [3.8, 4) is 11.1 Å². The number of rotatable bonds is 6. The van der Waals surface area contributed by atoms with Crippen molar-refractivity contribution >= 4 is 11.8 Å². The van der Waals surface area contributed by atoms with E-state index < -0.39 is 0 Å². The summed E-state index contributed by atoms with van der Waals surface area (Å²) < 4.78 is 19.0. The van der Waals surface area contributed by atoms with Crippen LogP contribution in [0.25, 0.3) is 11.1 Å². The second-order valence-corrected chi connectivity index (χ2v) is 5.84. The van der Waals surface area contributed by atoms with Gasteiger partial charge in [-0.1, -0.05) is 47.6 Å². The normalized spacial score (nSPS) is 11.5. The van der Waals surface area contributed by atoms with Gasteiger partial charge in [-0.25, -0.2) is 4.39 Å². The lowest BCUT2D eigenvalue weighted by Gasteiger charge is -2.05. The molecule has 3 rings (SSSR count). The van der Waals surface area contributed by atoms with Crippen LogP contribution in [0.3, 0.4) is 0 Å². The summed E-state index contributed by atoms with van der Waals surface area (Å²) in [4.78, 5) is 4.03. The van der Waals surface area contributed by atoms with Crippen LogP contribution in [-0.2, 0) is 12.8 Å². The van der Waals surface area contributed by atoms with Gasteiger partial charge < -0.3 is 10.3 Å². The molecule has 5 nitrogen and oxygen atoms in total. The highest BCUT2D eigenvalue weighted by Crippen LogP contribution is 2.23. The number of halogens is 1. The molecule has 1 heterocycles. The maximum absolute atomic E-state index is 13.8. The fourth-order valence-corrected chi connectivity index (χ4v) is 2.64. The summed E-state index contributed by atoms with van der Waals surface area (Å²) >= 11 is 0. The number of hydrogen-bond donors (Lipinski definition) is 2. The molecule has 2 aromatic carbocycles. The van der Waals surface area contributed by atoms with Gasteiger partial charge in [0.05, 0.1) is 5.69 Å². The molecular weight excluding hydrogens is 331 g/mol. The van der Waals surface area contributed by atoms with E-state index in [0.29, 0.717) is 24.0 Å². The van der Waals surface area contributed by atoms with E-state index in [2.05, 4.69) is 15.5 Å². The summed E-state index contributed by atoms with van der Waals surface area (Å²) in [5.41, 5.74) is 9.14. The van der Waals surface area contributed by atoms with Crippen LogP contribution in [0.5, 0.6) is 0 Å². The van der Waals surface area contributed by atoms with Gasteiger partial charge in [0.25, 0.3) is 0 Å². The van der Waals surface area contributed by atoms with Crippen LogP contribution in [0.1, 0.15) is 18.2 Å². The number of aliphatic imine (C=N–C) groups is 1. The molecule has 0 aliphatic heterocycles. The number of anilines is 1. The molecule has 1 aromatic heterocycles. The van der Waals surface area contributed by atoms with Crippen molar-refractivity contribution in [3.05, 3.63) is 71.7 Å². The van der Waals surface area contributed by atoms with Crippen LogP contribution in [-0.4, -0.2) is 17.7 Å². The van der Waals surface area contributed by atoms with Gasteiger partial charge in [-0.15, -0.1) is 0 Å². The summed E-state index contributed by atoms with van der Waals surface area (Å²) in [6.45, 7) is 2.50. The molecule has 0 spiro atoms. The van der Waals surface area contributed by atoms with E-state index in [9.17, 15) is 4.39 Å². The molecule has 0 atom stereocenters. The predicted molar refractivity (Wildman–Crippen MR) is 102 cm³/mol. The number of nitrogens with one attached hydrogen (secondary N) is 1. The van der Waals surface area contributed by atoms with Crippen molar-refractivity contribution in [2.75, 3.05) is 11.9 Å². The monoisotopic (exact) mass is 352 g/mol. The summed E-state index contributed by atoms with van der Waals surface area (Å²) in [6.07, 6.45) is 1.54. The van der Waals surface area contributed by atoms with E-state index in [-0.39, 0.29) is 5.82 Å². The molecule has 0 aliphatic rings. The highest BCUT2D eigenvalue weighted by Gasteiger charge is 2.07. The number of benzene rings is 2. The molecule has 26 heavy (non-hydrogen) atoms. The van der Waals surface area contributed by atoms with E-state index in [4.69, 9.17) is 10.3 Å². The maximum Gasteiger partial charge on any atom is 0.231 e. The van der Waals surface area contributed by atoms with Gasteiger partial charge in [-0.3, -0.25) is 10.3 Å². The number of hydrogen-bond acceptors (Lipinski definition) is 3. The molecule has 0 amide bonds. The molecular formula is C20H21FN4O. The minimum Gasteiger partial charge on any atom is -0.370 e. The van der Waals surface area contributed by atoms with Crippen molar-refractivity contribution in [1.82, 2.24) is 5.16 Å². The fraction of sp³-hybridized carbons (Fsp3) is 0.200. The zero-order valence-corrected chi connectivity index (χ0v) is 14.6. The van der Waals surface area contributed by atoms with E-state index in [0.717, 1.165) is 29.7 Å². The molecule has 3 N–H and O–H groups in total. The molecule has 0 fully saturated rings. The Morgan fingerprint density at radius 2 is 1.92 bits per heavy atom. The Kier molecular flexibility index (Phi) is 5.63. The zero-order valence-electron chi connectivity index (χ0n) is 14.6. The first-order valence-corrected chi connectivity index (χ1v) is 8.52. The quantitative estimate of drug-likeness (QED) is 0.519. The average Bonchev–Trinajstić information content (AvgIpc) is 3.08. The number of nitrogens with zero attached hydrogens (tertiary/aromatic N) is 2. The van der Waals surface area contributed by atoms with Gasteiger partial charge in [0, 0.05) is 18.2 Å². The minimum absolute atomic E-state index is 0.214. The lowest BCUT2D eigenvalue weighted by molar-refractivity contribution is 0.426. The fourth-order valence-electron chi connectivity index (χ4n) is 2.64. The number of aryl methyl sites for hydroxylation is 2. The summed E-state index contributed by atoms with van der Waals surface area (Å²) in [5, 5.41) is 6.88. The molecule has 0 saturated carbocycles. The van der Waals surface area contributed by atoms with Gasteiger partial charge >= 0.3 is 0 Å². The third-order valence-corrected chi connectivity index (χ3v) is 3.95. The Bertz CT molecular complexity index is 887. The van der Waals surface area contributed by atoms with Crippen molar-refractivity contribution in [1.29, 1.82) is 0 Å². The van der Waals surface area contributed by atoms with E-state index >= 15 is 0 Å². The molecule has 3 aromatic rings. The SMILES string of the molecule is CCN=C(N)Nc1cc(CCc2ccc(-c3ccccc3F)cc2)no1. The predicted octanol–water partition coefficient (Wildman–Crippen LogP) is 4.01. The van der Waals surface area contributed by atoms with Gasteiger partial charge in [0.2, 0.25) is 5.88 Å². The van der Waals surface area contributed by atoms with E-state index in [1.165, 1.54) is 6.07 Å². The zero-order chi connectivity index (χ0) is 18.4. The highest BCUT2D eigenvalue weighted by molar-refractivity contribution is 5.90. The largest absolute Gasteiger partial charge is 0.370 e. The molecule has 0 unspecified atom stereocenters. The second-order valence-electron chi connectivity index (χ2n) is 5.84. The molecule has 134 valence electrons. The first-order valence-electron chi connectivity index (χ1n) is 8.52. The third kappa shape index (κ3) is 4.47. The van der Waals surface area contributed by atoms with Crippen molar-refractivity contribution in [3.63, 3.8) is 0 Å². The summed E-state index contributed by atoms with van der Waals surface area (Å²) in [6, 6.07) is 16.5. The maximum atomic E-state index is 13.8. The lowest BCUT2D eigenvalue weighted by Crippen LogP contribution is -2.22. The van der Waals surface area contributed by atoms with E-state index in [1.807, 2.05) is 43.3 Å². The van der Waals surface area contributed by atoms with E-state index in [1.54, 1.807) is 12.1 Å². The number of guanidine groups is 1. The Hall–Kier alpha value is -3.15. The lowest BCUT2D eigenvalue weighted by atomic mass is 10.0. The molecule has 6 heteroatoms. The van der Waals surface area contributed by atoms with Crippen LogP contribution in [0.4, 0.5) is 10.3 Å². The van der Waals surface area contributed by atoms with Crippen molar-refractivity contribution < 1.29 is 8.91 Å². The van der Waals surface area contributed by atoms with Gasteiger partial charge in [-0.05, 0) is 37.0 Å². The molecule has 0 bridgehead atoms. The standard InChI is InChI=1S/C20H21FN4O/c1-2-23-20(22)24-19-13-16(25-26-19)12-9-14-7-10-15(11-8-14)17-5-3-4-6-18(17)21/h3-8,10-11,13H,2,9,12H2,1H3,(H3,22,23,24). The summed E-state index contributed by atoms with van der Waals surface area (Å²) in [7, 11) is 0. The second kappa shape index (κ2) is 8.29. The Labute approximate surface area is 151 Å². The Morgan fingerprint density at radius 1 is 1.15 bits per heavy atom. The van der Waals surface area contributed by atoms with Crippen LogP contribution in [0, 0.1) is 5.82 Å². The number of aromatic nitrogens is 1.